The Morgan fingerprint density at radius 1 is 1.45 bits per heavy atom. The van der Waals surface area contributed by atoms with Gasteiger partial charge in [-0.15, -0.1) is 5.10 Å². The van der Waals surface area contributed by atoms with Crippen molar-refractivity contribution in [3.8, 4) is 0 Å². The van der Waals surface area contributed by atoms with Crippen LogP contribution in [0.15, 0.2) is 18.2 Å². The van der Waals surface area contributed by atoms with Crippen LogP contribution in [0.25, 0.3) is 11.0 Å². The van der Waals surface area contributed by atoms with E-state index in [0.29, 0.717) is 12.1 Å². The molecule has 0 bridgehead atoms. The van der Waals surface area contributed by atoms with Crippen LogP contribution in [0.1, 0.15) is 36.7 Å². The van der Waals surface area contributed by atoms with Gasteiger partial charge in [0.25, 0.3) is 0 Å². The lowest BCUT2D eigenvalue weighted by molar-refractivity contribution is -0.124. The number of aromatic nitrogens is 3. The highest BCUT2D eigenvalue weighted by atomic mass is 16.4. The molecule has 1 atom stereocenters. The molecule has 1 heterocycles. The molecule has 1 aromatic carbocycles. The third kappa shape index (κ3) is 2.47. The topological polar surface area (TPSA) is 97.1 Å². The number of carboxylic acids is 1. The Morgan fingerprint density at radius 2 is 2.20 bits per heavy atom. The molecule has 7 heteroatoms. The number of amides is 1. The van der Waals surface area contributed by atoms with Crippen LogP contribution >= 0.6 is 0 Å². The number of hydrogen-bond donors (Lipinski definition) is 2. The summed E-state index contributed by atoms with van der Waals surface area (Å²) in [4.78, 5) is 23.1. The predicted molar refractivity (Wildman–Crippen MR) is 72.5 cm³/mol. The highest BCUT2D eigenvalue weighted by Crippen LogP contribution is 2.19. The van der Waals surface area contributed by atoms with Crippen molar-refractivity contribution in [3.63, 3.8) is 0 Å². The molecule has 0 fully saturated rings. The van der Waals surface area contributed by atoms with Crippen molar-refractivity contribution in [1.29, 1.82) is 0 Å². The van der Waals surface area contributed by atoms with Crippen molar-refractivity contribution >= 4 is 22.9 Å². The fourth-order valence-electron chi connectivity index (χ4n) is 1.93. The Hall–Kier alpha value is -2.44. The zero-order valence-electron chi connectivity index (χ0n) is 11.3. The molecule has 1 amide bonds. The molecule has 0 spiro atoms. The number of rotatable bonds is 5. The molecule has 1 aromatic heterocycles. The van der Waals surface area contributed by atoms with Gasteiger partial charge < -0.3 is 10.4 Å². The average molecular weight is 276 g/mol. The number of hydrogen-bond acceptors (Lipinski definition) is 4. The van der Waals surface area contributed by atoms with E-state index in [1.165, 1.54) is 10.7 Å². The van der Waals surface area contributed by atoms with Crippen molar-refractivity contribution in [1.82, 2.24) is 20.3 Å². The van der Waals surface area contributed by atoms with Crippen LogP contribution in [-0.4, -0.2) is 38.5 Å². The van der Waals surface area contributed by atoms with E-state index in [1.807, 2.05) is 6.92 Å². The van der Waals surface area contributed by atoms with E-state index in [9.17, 15) is 9.59 Å². The maximum absolute atomic E-state index is 11.9. The fourth-order valence-corrected chi connectivity index (χ4v) is 1.93. The first-order chi connectivity index (χ1) is 9.56. The molecule has 0 saturated carbocycles. The first-order valence-corrected chi connectivity index (χ1v) is 6.41. The lowest BCUT2D eigenvalue weighted by atomic mass is 10.2. The van der Waals surface area contributed by atoms with E-state index in [2.05, 4.69) is 15.6 Å². The molecule has 0 radical (unpaired) electrons. The zero-order chi connectivity index (χ0) is 14.7. The summed E-state index contributed by atoms with van der Waals surface area (Å²) in [7, 11) is 0. The highest BCUT2D eigenvalue weighted by Gasteiger charge is 2.20. The Labute approximate surface area is 115 Å². The minimum atomic E-state index is -1.06. The maximum atomic E-state index is 11.9. The SMILES string of the molecule is CCCNC(=O)C(C)n1nnc2c(C(=O)O)cccc21. The Bertz CT molecular complexity index is 650. The van der Waals surface area contributed by atoms with E-state index in [0.717, 1.165) is 6.42 Å². The number of nitrogens with one attached hydrogen (secondary N) is 1. The Kier molecular flexibility index (Phi) is 3.97. The quantitative estimate of drug-likeness (QED) is 0.855. The molecular weight excluding hydrogens is 260 g/mol. The van der Waals surface area contributed by atoms with Crippen LogP contribution in [0.2, 0.25) is 0 Å². The molecule has 2 N–H and O–H groups in total. The maximum Gasteiger partial charge on any atom is 0.338 e. The first-order valence-electron chi connectivity index (χ1n) is 6.41. The van der Waals surface area contributed by atoms with E-state index < -0.39 is 12.0 Å². The third-order valence-corrected chi connectivity index (χ3v) is 3.03. The minimum absolute atomic E-state index is 0.0786. The van der Waals surface area contributed by atoms with E-state index in [4.69, 9.17) is 5.11 Å². The normalized spacial score (nSPS) is 12.3. The van der Waals surface area contributed by atoms with Crippen molar-refractivity contribution in [2.24, 2.45) is 0 Å². The van der Waals surface area contributed by atoms with Crippen molar-refractivity contribution in [2.75, 3.05) is 6.54 Å². The van der Waals surface area contributed by atoms with Gasteiger partial charge >= 0.3 is 5.97 Å². The Balaban J connectivity index is 2.39. The van der Waals surface area contributed by atoms with Crippen LogP contribution in [0.5, 0.6) is 0 Å². The second kappa shape index (κ2) is 5.68. The number of carbonyl (C=O) groups is 2. The van der Waals surface area contributed by atoms with Crippen molar-refractivity contribution in [2.45, 2.75) is 26.3 Å². The largest absolute Gasteiger partial charge is 0.478 e. The van der Waals surface area contributed by atoms with Gasteiger partial charge in [0, 0.05) is 6.54 Å². The van der Waals surface area contributed by atoms with Crippen LogP contribution in [-0.2, 0) is 4.79 Å². The summed E-state index contributed by atoms with van der Waals surface area (Å²) >= 11 is 0. The van der Waals surface area contributed by atoms with Crippen molar-refractivity contribution < 1.29 is 14.7 Å². The van der Waals surface area contributed by atoms with Gasteiger partial charge in [-0.2, -0.15) is 0 Å². The second-order valence-electron chi connectivity index (χ2n) is 4.48. The van der Waals surface area contributed by atoms with E-state index >= 15 is 0 Å². The smallest absolute Gasteiger partial charge is 0.338 e. The lowest BCUT2D eigenvalue weighted by Crippen LogP contribution is -2.32. The number of nitrogens with zero attached hydrogens (tertiary/aromatic N) is 3. The summed E-state index contributed by atoms with van der Waals surface area (Å²) < 4.78 is 1.44. The van der Waals surface area contributed by atoms with E-state index in [1.54, 1.807) is 19.1 Å². The number of carbonyl (C=O) groups excluding carboxylic acids is 1. The summed E-state index contributed by atoms with van der Waals surface area (Å²) in [6, 6.07) is 4.23. The van der Waals surface area contributed by atoms with Gasteiger partial charge in [-0.05, 0) is 25.5 Å². The summed E-state index contributed by atoms with van der Waals surface area (Å²) in [5, 5.41) is 19.7. The van der Waals surface area contributed by atoms with Gasteiger partial charge in [-0.3, -0.25) is 4.79 Å². The summed E-state index contributed by atoms with van der Waals surface area (Å²) in [5.74, 6) is -1.23. The van der Waals surface area contributed by atoms with Gasteiger partial charge in [0.05, 0.1) is 11.1 Å². The number of carboxylic acid groups (broad SMARTS) is 1. The van der Waals surface area contributed by atoms with Gasteiger partial charge in [0.1, 0.15) is 11.6 Å². The zero-order valence-corrected chi connectivity index (χ0v) is 11.3. The highest BCUT2D eigenvalue weighted by molar-refractivity contribution is 6.00. The molecule has 0 aliphatic carbocycles. The molecule has 2 rings (SSSR count). The molecule has 1 unspecified atom stereocenters. The molecule has 0 aliphatic rings. The monoisotopic (exact) mass is 276 g/mol. The Morgan fingerprint density at radius 3 is 2.85 bits per heavy atom. The van der Waals surface area contributed by atoms with Gasteiger partial charge in [0.15, 0.2) is 0 Å². The van der Waals surface area contributed by atoms with Crippen LogP contribution in [0.3, 0.4) is 0 Å². The third-order valence-electron chi connectivity index (χ3n) is 3.03. The molecular formula is C13H16N4O3. The second-order valence-corrected chi connectivity index (χ2v) is 4.48. The van der Waals surface area contributed by atoms with Gasteiger partial charge in [0.2, 0.25) is 5.91 Å². The molecule has 0 saturated heterocycles. The van der Waals surface area contributed by atoms with Gasteiger partial charge in [-0.1, -0.05) is 18.2 Å². The molecule has 2 aromatic rings. The van der Waals surface area contributed by atoms with Crippen LogP contribution in [0, 0.1) is 0 Å². The number of benzene rings is 1. The van der Waals surface area contributed by atoms with Gasteiger partial charge in [-0.25, -0.2) is 9.48 Å². The average Bonchev–Trinajstić information content (AvgIpc) is 2.87. The fraction of sp³-hybridized carbons (Fsp3) is 0.385. The standard InChI is InChI=1S/C13H16N4O3/c1-3-7-14-12(18)8(2)17-10-6-4-5-9(13(19)20)11(10)15-16-17/h4-6,8H,3,7H2,1-2H3,(H,14,18)(H,19,20). The minimum Gasteiger partial charge on any atom is -0.478 e. The van der Waals surface area contributed by atoms with Crippen LogP contribution < -0.4 is 5.32 Å². The number of fused-ring (bicyclic) bond motifs is 1. The van der Waals surface area contributed by atoms with Crippen LogP contribution in [0.4, 0.5) is 0 Å². The summed E-state index contributed by atoms with van der Waals surface area (Å²) in [6.45, 7) is 4.26. The molecule has 20 heavy (non-hydrogen) atoms. The predicted octanol–water partition coefficient (Wildman–Crippen LogP) is 1.22. The first kappa shape index (κ1) is 14.0. The molecule has 7 nitrogen and oxygen atoms in total. The molecule has 106 valence electrons. The van der Waals surface area contributed by atoms with Crippen molar-refractivity contribution in [3.05, 3.63) is 23.8 Å². The summed E-state index contributed by atoms with van der Waals surface area (Å²) in [6.07, 6.45) is 0.847. The van der Waals surface area contributed by atoms with E-state index in [-0.39, 0.29) is 17.0 Å². The summed E-state index contributed by atoms with van der Waals surface area (Å²) in [5.41, 5.74) is 0.897. The number of aromatic carboxylic acids is 1. The molecule has 0 aliphatic heterocycles. The lowest BCUT2D eigenvalue weighted by Gasteiger charge is -2.12.